The number of carboxylic acid groups (broad SMARTS) is 7. The summed E-state index contributed by atoms with van der Waals surface area (Å²) in [6, 6.07) is 0. The first-order valence-electron chi connectivity index (χ1n) is 6.82. The number of carbonyl (C=O) groups excluding carboxylic acids is 5. The Morgan fingerprint density at radius 1 is 0.515 bits per heavy atom. The largest absolute Gasteiger partial charge is 2.00 e. The molecule has 0 aliphatic heterocycles. The molecule has 0 heterocycles. The van der Waals surface area contributed by atoms with E-state index in [0.29, 0.717) is 0 Å². The van der Waals surface area contributed by atoms with Crippen LogP contribution in [-0.2, 0) is 67.1 Å². The fourth-order valence-corrected chi connectivity index (χ4v) is 0.270. The summed E-state index contributed by atoms with van der Waals surface area (Å²) < 4.78 is 0. The molecule has 0 amide bonds. The average molecular weight is 566 g/mol. The van der Waals surface area contributed by atoms with Crippen molar-refractivity contribution in [3.05, 3.63) is 0 Å². The minimum absolute atomic E-state index is 0. The van der Waals surface area contributed by atoms with E-state index in [0.717, 1.165) is 34.6 Å². The number of rotatable bonds is 3. The molecule has 0 fully saturated rings. The van der Waals surface area contributed by atoms with Gasteiger partial charge in [-0.3, -0.25) is 0 Å². The number of aliphatic hydroxyl groups is 2. The predicted molar refractivity (Wildman–Crippen MR) is 80.7 cm³/mol. The van der Waals surface area contributed by atoms with Crippen molar-refractivity contribution in [2.24, 2.45) is 0 Å². The standard InChI is InChI=1S/C4H6O6.5C2H4O2.Li.Mn.Ni/c5-1(3(7)8)2(6)4(9)10;5*1-2(3)4;;;/h1-2,5-6H,(H,7,8)(H,9,10);5*1H3,(H,3,4);;;/q;;;;;;+1;2*+2/p-5. The fraction of sp³-hybridized carbons (Fsp3) is 0.500. The maximum atomic E-state index is 9.77. The quantitative estimate of drug-likeness (QED) is 0.231. The van der Waals surface area contributed by atoms with E-state index in [1.165, 1.54) is 0 Å². The van der Waals surface area contributed by atoms with E-state index in [4.69, 9.17) is 69.9 Å². The third-order valence-electron chi connectivity index (χ3n) is 0.805. The molecule has 0 saturated heterocycles. The van der Waals surface area contributed by atoms with Crippen LogP contribution in [0.1, 0.15) is 34.6 Å². The Kier molecular flexibility index (Phi) is 70.1. The smallest absolute Gasteiger partial charge is 0.550 e. The van der Waals surface area contributed by atoms with Crippen molar-refractivity contribution in [2.45, 2.75) is 46.8 Å². The van der Waals surface area contributed by atoms with Gasteiger partial charge < -0.3 is 69.9 Å². The molecular weight excluding hydrogens is 545 g/mol. The molecule has 0 saturated carbocycles. The van der Waals surface area contributed by atoms with Crippen molar-refractivity contribution in [1.82, 2.24) is 0 Å². The van der Waals surface area contributed by atoms with E-state index in [1.807, 2.05) is 0 Å². The maximum Gasteiger partial charge on any atom is 2.00 e. The van der Waals surface area contributed by atoms with E-state index in [-0.39, 0.29) is 52.4 Å². The number of carbonyl (C=O) groups is 7. The van der Waals surface area contributed by atoms with Crippen molar-refractivity contribution in [2.75, 3.05) is 0 Å². The number of aliphatic hydroxyl groups excluding tert-OH is 2. The topological polar surface area (TPSA) is 316 Å². The van der Waals surface area contributed by atoms with Crippen molar-refractivity contribution in [1.29, 1.82) is 0 Å². The molecular formula is C14H21LiMnNiO16. The van der Waals surface area contributed by atoms with Gasteiger partial charge in [0.15, 0.2) is 12.2 Å². The summed E-state index contributed by atoms with van der Waals surface area (Å²) in [5.74, 6) is -8.95. The van der Waals surface area contributed by atoms with E-state index in [2.05, 4.69) is 0 Å². The Labute approximate surface area is 220 Å². The van der Waals surface area contributed by atoms with Crippen molar-refractivity contribution >= 4 is 41.8 Å². The molecule has 0 aliphatic carbocycles. The Bertz CT molecular complexity index is 450. The van der Waals surface area contributed by atoms with Crippen LogP contribution in [0.25, 0.3) is 0 Å². The van der Waals surface area contributed by atoms with Crippen LogP contribution in [0.4, 0.5) is 0 Å². The van der Waals surface area contributed by atoms with Crippen LogP contribution in [0, 0.1) is 0 Å². The van der Waals surface area contributed by atoms with Gasteiger partial charge in [0.05, 0.1) is 0 Å². The molecule has 0 rings (SSSR count). The molecule has 19 heteroatoms. The molecule has 2 atom stereocenters. The predicted octanol–water partition coefficient (Wildman–Crippen LogP) is -11.3. The number of hydrogen-bond donors (Lipinski definition) is 4. The minimum atomic E-state index is -2.27. The normalized spacial score (nSPS) is 8.58. The Hall–Kier alpha value is -2.18. The first-order valence-corrected chi connectivity index (χ1v) is 6.82. The fourth-order valence-electron chi connectivity index (χ4n) is 0.270. The number of hydrogen-bond acceptors (Lipinski definition) is 14. The van der Waals surface area contributed by atoms with Crippen LogP contribution in [-0.4, -0.2) is 74.4 Å². The zero-order valence-electron chi connectivity index (χ0n) is 18.0. The van der Waals surface area contributed by atoms with Crippen LogP contribution in [0.3, 0.4) is 0 Å². The molecule has 33 heavy (non-hydrogen) atoms. The van der Waals surface area contributed by atoms with Gasteiger partial charge in [-0.05, 0) is 34.6 Å². The third-order valence-corrected chi connectivity index (χ3v) is 0.805. The second kappa shape index (κ2) is 40.2. The summed E-state index contributed by atoms with van der Waals surface area (Å²) in [5, 5.41) is 77.0. The summed E-state index contributed by atoms with van der Waals surface area (Å²) in [4.78, 5) is 64.0. The first kappa shape index (κ1) is 57.6. The number of carboxylic acids is 7. The Balaban J connectivity index is -0.0000000312. The molecule has 0 aromatic carbocycles. The van der Waals surface area contributed by atoms with Crippen LogP contribution < -0.4 is 44.4 Å². The van der Waals surface area contributed by atoms with Gasteiger partial charge in [0, 0.05) is 29.8 Å². The summed E-state index contributed by atoms with van der Waals surface area (Å²) >= 11 is 0. The molecule has 2 unspecified atom stereocenters. The van der Waals surface area contributed by atoms with Gasteiger partial charge >= 0.3 is 64.4 Å². The molecule has 16 nitrogen and oxygen atoms in total. The maximum absolute atomic E-state index is 9.77. The number of aliphatic carboxylic acids is 7. The molecule has 0 aliphatic rings. The zero-order valence-corrected chi connectivity index (χ0v) is 20.2. The summed E-state index contributed by atoms with van der Waals surface area (Å²) in [6.07, 6.45) is -4.53. The molecule has 4 N–H and O–H groups in total. The van der Waals surface area contributed by atoms with Crippen molar-refractivity contribution < 1.29 is 132 Å². The summed E-state index contributed by atoms with van der Waals surface area (Å²) in [7, 11) is 0. The first-order chi connectivity index (χ1) is 13.1. The SMILES string of the molecule is CC(=O)[O-].CC(=O)[O-].CC(=O)[O-].CC(=O)[O-].CC(=O)[O-].O=C(O)C(O)C(O)C(=O)O.[Li+].[Mn+2].[Ni+2]. The second-order valence-corrected chi connectivity index (χ2v) is 4.02. The van der Waals surface area contributed by atoms with Crippen LogP contribution in [0.15, 0.2) is 0 Å². The van der Waals surface area contributed by atoms with Gasteiger partial charge in [-0.2, -0.15) is 0 Å². The monoisotopic (exact) mass is 565 g/mol. The van der Waals surface area contributed by atoms with Crippen LogP contribution in [0.5, 0.6) is 0 Å². The van der Waals surface area contributed by atoms with Gasteiger partial charge in [-0.25, -0.2) is 9.59 Å². The zero-order chi connectivity index (χ0) is 26.2. The Morgan fingerprint density at radius 3 is 0.606 bits per heavy atom. The van der Waals surface area contributed by atoms with Crippen molar-refractivity contribution in [3.63, 3.8) is 0 Å². The van der Waals surface area contributed by atoms with Gasteiger partial charge in [-0.15, -0.1) is 0 Å². The van der Waals surface area contributed by atoms with Crippen LogP contribution in [0.2, 0.25) is 0 Å². The van der Waals surface area contributed by atoms with Gasteiger partial charge in [-0.1, -0.05) is 0 Å². The van der Waals surface area contributed by atoms with Gasteiger partial charge in [0.1, 0.15) is 0 Å². The molecule has 0 aromatic rings. The van der Waals surface area contributed by atoms with Crippen molar-refractivity contribution in [3.8, 4) is 0 Å². The second-order valence-electron chi connectivity index (χ2n) is 4.02. The summed E-state index contributed by atoms with van der Waals surface area (Å²) in [6.45, 7) is 4.86. The molecule has 0 bridgehead atoms. The molecule has 0 spiro atoms. The van der Waals surface area contributed by atoms with E-state index >= 15 is 0 Å². The Morgan fingerprint density at radius 2 is 0.576 bits per heavy atom. The summed E-state index contributed by atoms with van der Waals surface area (Å²) in [5.41, 5.74) is 0. The van der Waals surface area contributed by atoms with E-state index in [1.54, 1.807) is 0 Å². The van der Waals surface area contributed by atoms with Gasteiger partial charge in [0.25, 0.3) is 0 Å². The molecule has 1 radical (unpaired) electrons. The average Bonchev–Trinajstić information content (AvgIpc) is 2.42. The third kappa shape index (κ3) is 239. The molecule has 0 aromatic heterocycles. The van der Waals surface area contributed by atoms with Crippen LogP contribution >= 0.6 is 0 Å². The van der Waals surface area contributed by atoms with Gasteiger partial charge in [0.2, 0.25) is 0 Å². The van der Waals surface area contributed by atoms with E-state index < -0.39 is 54.0 Å². The minimum Gasteiger partial charge on any atom is -0.550 e. The van der Waals surface area contributed by atoms with E-state index in [9.17, 15) is 9.59 Å². The molecule has 191 valence electrons.